The van der Waals surface area contributed by atoms with Crippen molar-refractivity contribution in [2.75, 3.05) is 18.1 Å². The molecule has 0 fully saturated rings. The van der Waals surface area contributed by atoms with Crippen molar-refractivity contribution in [3.05, 3.63) is 53.1 Å². The van der Waals surface area contributed by atoms with Crippen LogP contribution in [0.5, 0.6) is 11.5 Å². The second-order valence-electron chi connectivity index (χ2n) is 8.20. The molecule has 0 saturated carbocycles. The first-order valence-electron chi connectivity index (χ1n) is 9.74. The minimum Gasteiger partial charge on any atom is -0.507 e. The average molecular weight is 421 g/mol. The van der Waals surface area contributed by atoms with E-state index in [1.807, 2.05) is 19.9 Å². The van der Waals surface area contributed by atoms with E-state index in [9.17, 15) is 28.2 Å². The van der Waals surface area contributed by atoms with Gasteiger partial charge in [0, 0.05) is 29.4 Å². The van der Waals surface area contributed by atoms with E-state index in [0.717, 1.165) is 18.6 Å². The second-order valence-corrected chi connectivity index (χ2v) is 8.20. The molecule has 0 saturated heterocycles. The summed E-state index contributed by atoms with van der Waals surface area (Å²) in [5.41, 5.74) is -0.433. The first-order chi connectivity index (χ1) is 14.1. The maximum absolute atomic E-state index is 13.6. The molecule has 2 unspecified atom stereocenters. The Labute approximate surface area is 171 Å². The fraction of sp³-hybridized carbons (Fsp3) is 0.409. The van der Waals surface area contributed by atoms with E-state index in [1.54, 1.807) is 23.1 Å². The van der Waals surface area contributed by atoms with Crippen LogP contribution in [0.4, 0.5) is 18.9 Å². The molecule has 0 radical (unpaired) electrons. The van der Waals surface area contributed by atoms with Gasteiger partial charge in [0.05, 0.1) is 0 Å². The highest BCUT2D eigenvalue weighted by Crippen LogP contribution is 2.54. The van der Waals surface area contributed by atoms with E-state index < -0.39 is 29.0 Å². The number of phenols is 1. The normalized spacial score (nSPS) is 21.2. The van der Waals surface area contributed by atoms with Crippen LogP contribution in [-0.4, -0.2) is 35.4 Å². The molecule has 0 aliphatic carbocycles. The Morgan fingerprint density at radius 3 is 2.57 bits per heavy atom. The molecular weight excluding hydrogens is 399 g/mol. The number of fused-ring (bicyclic) bond motifs is 4. The average Bonchev–Trinajstić information content (AvgIpc) is 3.15. The molecule has 30 heavy (non-hydrogen) atoms. The Balaban J connectivity index is 1.87. The number of carbonyl (C=O) groups excluding carboxylic acids is 1. The van der Waals surface area contributed by atoms with Gasteiger partial charge in [-0.05, 0) is 30.0 Å². The van der Waals surface area contributed by atoms with Crippen LogP contribution in [0, 0.1) is 5.92 Å². The molecule has 2 aromatic carbocycles. The molecule has 2 N–H and O–H groups in total. The molecule has 1 amide bonds. The number of phenolic OH excluding ortho intramolecular Hbond substituents is 1. The highest BCUT2D eigenvalue weighted by Gasteiger charge is 2.57. The predicted octanol–water partition coefficient (Wildman–Crippen LogP) is 4.06. The van der Waals surface area contributed by atoms with Gasteiger partial charge in [-0.1, -0.05) is 32.0 Å². The Morgan fingerprint density at radius 1 is 1.20 bits per heavy atom. The summed E-state index contributed by atoms with van der Waals surface area (Å²) in [4.78, 5) is 15.3. The third-order valence-corrected chi connectivity index (χ3v) is 5.83. The number of hydrogen-bond acceptors (Lipinski definition) is 4. The zero-order valence-electron chi connectivity index (χ0n) is 16.5. The van der Waals surface area contributed by atoms with Gasteiger partial charge in [0.25, 0.3) is 0 Å². The second kappa shape index (κ2) is 6.91. The predicted molar refractivity (Wildman–Crippen MR) is 104 cm³/mol. The van der Waals surface area contributed by atoms with Crippen molar-refractivity contribution in [3.63, 3.8) is 0 Å². The zero-order chi connectivity index (χ0) is 21.8. The van der Waals surface area contributed by atoms with Gasteiger partial charge in [-0.25, -0.2) is 0 Å². The lowest BCUT2D eigenvalue weighted by Crippen LogP contribution is -2.43. The first kappa shape index (κ1) is 20.5. The number of aliphatic hydroxyl groups excluding tert-OH is 1. The monoisotopic (exact) mass is 421 g/mol. The Kier molecular flexibility index (Phi) is 4.73. The number of para-hydroxylation sites is 1. The lowest BCUT2D eigenvalue weighted by Gasteiger charge is -2.24. The Morgan fingerprint density at radius 2 is 1.90 bits per heavy atom. The van der Waals surface area contributed by atoms with Gasteiger partial charge >= 0.3 is 6.18 Å². The van der Waals surface area contributed by atoms with Crippen LogP contribution in [0.25, 0.3) is 0 Å². The molecule has 2 atom stereocenters. The van der Waals surface area contributed by atoms with Gasteiger partial charge < -0.3 is 19.8 Å². The molecule has 2 aliphatic rings. The number of hydrogen-bond donors (Lipinski definition) is 2. The first-order valence-corrected chi connectivity index (χ1v) is 9.74. The lowest BCUT2D eigenvalue weighted by molar-refractivity contribution is -0.207. The van der Waals surface area contributed by atoms with Gasteiger partial charge in [-0.15, -0.1) is 0 Å². The standard InChI is InChI=1S/C22H22F3NO4/c1-12(2)7-8-26-16-6-4-3-5-14(16)21(20(26)29)11-30-18-10-17(27)13(9-15(18)21)19(28)22(23,24)25/h3-6,9-10,12,19,27-28H,7-8,11H2,1-2H3. The van der Waals surface area contributed by atoms with Crippen molar-refractivity contribution in [2.45, 2.75) is 38.0 Å². The molecular formula is C22H22F3NO4. The highest BCUT2D eigenvalue weighted by atomic mass is 19.4. The van der Waals surface area contributed by atoms with E-state index in [4.69, 9.17) is 4.74 Å². The van der Waals surface area contributed by atoms with Crippen LogP contribution < -0.4 is 9.64 Å². The molecule has 4 rings (SSSR count). The summed E-state index contributed by atoms with van der Waals surface area (Å²) in [6.07, 6.45) is -7.07. The van der Waals surface area contributed by atoms with E-state index >= 15 is 0 Å². The Bertz CT molecular complexity index is 1000. The number of halogens is 3. The number of alkyl halides is 3. The molecule has 8 heteroatoms. The third-order valence-electron chi connectivity index (χ3n) is 5.83. The number of carbonyl (C=O) groups is 1. The van der Waals surface area contributed by atoms with Gasteiger partial charge in [0.2, 0.25) is 5.91 Å². The van der Waals surface area contributed by atoms with Gasteiger partial charge in [0.15, 0.2) is 6.10 Å². The SMILES string of the molecule is CC(C)CCN1C(=O)C2(COc3cc(O)c(C(O)C(F)(F)F)cc32)c2ccccc21. The number of nitrogens with zero attached hydrogens (tertiary/aromatic N) is 1. The van der Waals surface area contributed by atoms with Crippen LogP contribution in [0.15, 0.2) is 36.4 Å². The number of rotatable bonds is 4. The summed E-state index contributed by atoms with van der Waals surface area (Å²) >= 11 is 0. The van der Waals surface area contributed by atoms with E-state index in [0.29, 0.717) is 23.7 Å². The van der Waals surface area contributed by atoms with Gasteiger partial charge in [-0.2, -0.15) is 13.2 Å². The highest BCUT2D eigenvalue weighted by molar-refractivity contribution is 6.11. The topological polar surface area (TPSA) is 70.0 Å². The molecule has 0 aromatic heterocycles. The number of aromatic hydroxyl groups is 1. The zero-order valence-corrected chi connectivity index (χ0v) is 16.5. The van der Waals surface area contributed by atoms with Crippen LogP contribution in [0.3, 0.4) is 0 Å². The third kappa shape index (κ3) is 2.93. The molecule has 0 bridgehead atoms. The minimum absolute atomic E-state index is 0.0820. The van der Waals surface area contributed by atoms with E-state index in [2.05, 4.69) is 0 Å². The van der Waals surface area contributed by atoms with Crippen LogP contribution >= 0.6 is 0 Å². The molecule has 2 aliphatic heterocycles. The van der Waals surface area contributed by atoms with Crippen molar-refractivity contribution in [1.29, 1.82) is 0 Å². The number of benzene rings is 2. The number of aliphatic hydroxyl groups is 1. The molecule has 160 valence electrons. The Hall–Kier alpha value is -2.74. The lowest BCUT2D eigenvalue weighted by atomic mass is 9.76. The summed E-state index contributed by atoms with van der Waals surface area (Å²) in [7, 11) is 0. The van der Waals surface area contributed by atoms with Crippen LogP contribution in [-0.2, 0) is 10.2 Å². The molecule has 1 spiro atoms. The number of amides is 1. The van der Waals surface area contributed by atoms with Gasteiger partial charge in [-0.3, -0.25) is 4.79 Å². The van der Waals surface area contributed by atoms with Crippen LogP contribution in [0.1, 0.15) is 43.1 Å². The summed E-state index contributed by atoms with van der Waals surface area (Å²) in [6.45, 7) is 4.48. The molecule has 5 nitrogen and oxygen atoms in total. The summed E-state index contributed by atoms with van der Waals surface area (Å²) < 4.78 is 45.0. The fourth-order valence-electron chi connectivity index (χ4n) is 4.23. The van der Waals surface area contributed by atoms with Crippen LogP contribution in [0.2, 0.25) is 0 Å². The quantitative estimate of drug-likeness (QED) is 0.781. The summed E-state index contributed by atoms with van der Waals surface area (Å²) in [5.74, 6) is -0.508. The van der Waals surface area contributed by atoms with Crippen molar-refractivity contribution >= 4 is 11.6 Å². The van der Waals surface area contributed by atoms with Crippen molar-refractivity contribution in [1.82, 2.24) is 0 Å². The maximum atomic E-state index is 13.6. The molecule has 2 heterocycles. The van der Waals surface area contributed by atoms with Gasteiger partial charge in [0.1, 0.15) is 23.5 Å². The fourth-order valence-corrected chi connectivity index (χ4v) is 4.23. The van der Waals surface area contributed by atoms with E-state index in [1.165, 1.54) is 0 Å². The van der Waals surface area contributed by atoms with E-state index in [-0.39, 0.29) is 23.8 Å². The smallest absolute Gasteiger partial charge is 0.418 e. The number of ether oxygens (including phenoxy) is 1. The van der Waals surface area contributed by atoms with Crippen molar-refractivity contribution < 1.29 is 32.9 Å². The van der Waals surface area contributed by atoms with Crippen molar-refractivity contribution in [2.24, 2.45) is 5.92 Å². The molecule has 2 aromatic rings. The van der Waals surface area contributed by atoms with Crippen molar-refractivity contribution in [3.8, 4) is 11.5 Å². The minimum atomic E-state index is -4.96. The summed E-state index contributed by atoms with van der Waals surface area (Å²) in [5, 5.41) is 19.8. The largest absolute Gasteiger partial charge is 0.507 e. The number of anilines is 1. The maximum Gasteiger partial charge on any atom is 0.418 e. The summed E-state index contributed by atoms with van der Waals surface area (Å²) in [6, 6.07) is 9.25.